The van der Waals surface area contributed by atoms with E-state index in [0.29, 0.717) is 45.0 Å². The molecule has 2 aliphatic heterocycles. The first-order chi connectivity index (χ1) is 13.5. The van der Waals surface area contributed by atoms with Gasteiger partial charge < -0.3 is 24.4 Å². The number of carbonyl (C=O) groups excluding carboxylic acids is 2. The van der Waals surface area contributed by atoms with Crippen molar-refractivity contribution in [1.82, 2.24) is 10.2 Å². The molecule has 7 heteroatoms. The maximum Gasteiger partial charge on any atom is 0.509 e. The highest BCUT2D eigenvalue weighted by Crippen LogP contribution is 2.31. The fraction of sp³-hybridized carbons (Fsp3) is 0.619. The molecule has 0 unspecified atom stereocenters. The summed E-state index contributed by atoms with van der Waals surface area (Å²) < 4.78 is 16.0. The Balaban J connectivity index is 1.38. The summed E-state index contributed by atoms with van der Waals surface area (Å²) >= 11 is 0. The topological polar surface area (TPSA) is 77.1 Å². The number of piperidine rings is 1. The minimum atomic E-state index is -0.603. The molecule has 2 heterocycles. The Morgan fingerprint density at radius 3 is 2.79 bits per heavy atom. The van der Waals surface area contributed by atoms with Gasteiger partial charge in [-0.15, -0.1) is 0 Å². The van der Waals surface area contributed by atoms with Gasteiger partial charge in [-0.25, -0.2) is 9.59 Å². The second kappa shape index (κ2) is 9.17. The first-order valence-corrected chi connectivity index (χ1v) is 10.1. The molecular weight excluding hydrogens is 360 g/mol. The van der Waals surface area contributed by atoms with Gasteiger partial charge in [0.15, 0.2) is 5.60 Å². The Morgan fingerprint density at radius 2 is 2.11 bits per heavy atom. The number of urea groups is 1. The number of amides is 2. The first-order valence-electron chi connectivity index (χ1n) is 10.1. The van der Waals surface area contributed by atoms with Crippen LogP contribution in [0.5, 0.6) is 5.75 Å². The van der Waals surface area contributed by atoms with Gasteiger partial charge in [0.05, 0.1) is 6.61 Å². The van der Waals surface area contributed by atoms with Gasteiger partial charge >= 0.3 is 12.2 Å². The lowest BCUT2D eigenvalue weighted by Gasteiger charge is -2.36. The zero-order valence-corrected chi connectivity index (χ0v) is 16.7. The van der Waals surface area contributed by atoms with Gasteiger partial charge in [0.2, 0.25) is 0 Å². The van der Waals surface area contributed by atoms with Crippen LogP contribution in [-0.2, 0) is 15.9 Å². The standard InChI is InChI=1S/C21H30N2O5/c1-16(2)7-13-26-18-5-3-4-17(14-18)6-10-22-19(24)23-11-8-21(9-12-23)15-27-20(25)28-21/h3-5,14,16H,6-13,15H2,1-2H3,(H,22,24). The van der Waals surface area contributed by atoms with E-state index in [2.05, 4.69) is 19.2 Å². The van der Waals surface area contributed by atoms with Gasteiger partial charge in [0, 0.05) is 32.5 Å². The summed E-state index contributed by atoms with van der Waals surface area (Å²) in [4.78, 5) is 25.3. The molecule has 2 amide bonds. The number of benzene rings is 1. The molecule has 1 aromatic carbocycles. The Kier molecular flexibility index (Phi) is 6.65. The highest BCUT2D eigenvalue weighted by molar-refractivity contribution is 5.74. The van der Waals surface area contributed by atoms with E-state index in [1.165, 1.54) is 0 Å². The summed E-state index contributed by atoms with van der Waals surface area (Å²) in [6.45, 7) is 7.04. The monoisotopic (exact) mass is 390 g/mol. The number of rotatable bonds is 7. The van der Waals surface area contributed by atoms with Gasteiger partial charge in [0.25, 0.3) is 0 Å². The number of nitrogens with zero attached hydrogens (tertiary/aromatic N) is 1. The van der Waals surface area contributed by atoms with E-state index in [0.717, 1.165) is 24.2 Å². The SMILES string of the molecule is CC(C)CCOc1cccc(CCNC(=O)N2CCC3(CC2)COC(=O)O3)c1. The van der Waals surface area contributed by atoms with Crippen molar-refractivity contribution in [3.05, 3.63) is 29.8 Å². The number of carbonyl (C=O) groups is 2. The summed E-state index contributed by atoms with van der Waals surface area (Å²) in [5.74, 6) is 1.50. The smallest absolute Gasteiger partial charge is 0.494 e. The zero-order valence-electron chi connectivity index (χ0n) is 16.7. The van der Waals surface area contributed by atoms with E-state index >= 15 is 0 Å². The van der Waals surface area contributed by atoms with E-state index < -0.39 is 11.8 Å². The lowest BCUT2D eigenvalue weighted by Crippen LogP contribution is -2.51. The minimum Gasteiger partial charge on any atom is -0.494 e. The Bertz CT molecular complexity index is 683. The molecule has 7 nitrogen and oxygen atoms in total. The average Bonchev–Trinajstić information content (AvgIpc) is 3.02. The molecular formula is C21H30N2O5. The Morgan fingerprint density at radius 1 is 1.32 bits per heavy atom. The molecule has 2 fully saturated rings. The zero-order chi connectivity index (χ0) is 20.0. The van der Waals surface area contributed by atoms with Crippen molar-refractivity contribution < 1.29 is 23.8 Å². The van der Waals surface area contributed by atoms with Crippen molar-refractivity contribution in [2.75, 3.05) is 32.8 Å². The molecule has 154 valence electrons. The average molecular weight is 390 g/mol. The lowest BCUT2D eigenvalue weighted by molar-refractivity contribution is 0.00940. The van der Waals surface area contributed by atoms with Crippen LogP contribution in [0.1, 0.15) is 38.7 Å². The predicted molar refractivity (Wildman–Crippen MR) is 104 cm³/mol. The fourth-order valence-corrected chi connectivity index (χ4v) is 3.42. The van der Waals surface area contributed by atoms with Gasteiger partial charge in [-0.05, 0) is 36.5 Å². The van der Waals surface area contributed by atoms with E-state index in [9.17, 15) is 9.59 Å². The fourth-order valence-electron chi connectivity index (χ4n) is 3.42. The summed E-state index contributed by atoms with van der Waals surface area (Å²) in [5, 5.41) is 2.97. The van der Waals surface area contributed by atoms with E-state index in [1.807, 2.05) is 24.3 Å². The van der Waals surface area contributed by atoms with Crippen molar-refractivity contribution in [3.63, 3.8) is 0 Å². The highest BCUT2D eigenvalue weighted by Gasteiger charge is 2.45. The van der Waals surface area contributed by atoms with E-state index in [4.69, 9.17) is 14.2 Å². The molecule has 2 saturated heterocycles. The van der Waals surface area contributed by atoms with Gasteiger partial charge in [0.1, 0.15) is 12.4 Å². The van der Waals surface area contributed by atoms with Crippen molar-refractivity contribution in [3.8, 4) is 5.75 Å². The molecule has 0 atom stereocenters. The molecule has 0 radical (unpaired) electrons. The Labute approximate surface area is 166 Å². The number of hydrogen-bond acceptors (Lipinski definition) is 5. The van der Waals surface area contributed by atoms with Crippen molar-refractivity contribution in [1.29, 1.82) is 0 Å². The molecule has 1 spiro atoms. The van der Waals surface area contributed by atoms with Crippen LogP contribution >= 0.6 is 0 Å². The van der Waals surface area contributed by atoms with Crippen molar-refractivity contribution in [2.45, 2.75) is 45.1 Å². The molecule has 0 bridgehead atoms. The summed E-state index contributed by atoms with van der Waals surface area (Å²) in [5.41, 5.74) is 0.596. The number of nitrogens with one attached hydrogen (secondary N) is 1. The number of cyclic esters (lactones) is 1. The van der Waals surface area contributed by atoms with Crippen molar-refractivity contribution >= 4 is 12.2 Å². The molecule has 0 saturated carbocycles. The van der Waals surface area contributed by atoms with E-state index in [-0.39, 0.29) is 12.6 Å². The quantitative estimate of drug-likeness (QED) is 0.723. The van der Waals surface area contributed by atoms with E-state index in [1.54, 1.807) is 4.90 Å². The lowest BCUT2D eigenvalue weighted by atomic mass is 9.92. The van der Waals surface area contributed by atoms with Gasteiger partial charge in [-0.1, -0.05) is 26.0 Å². The third-order valence-electron chi connectivity index (χ3n) is 5.27. The van der Waals surface area contributed by atoms with Crippen LogP contribution in [0.25, 0.3) is 0 Å². The predicted octanol–water partition coefficient (Wildman–Crippen LogP) is 3.37. The molecule has 28 heavy (non-hydrogen) atoms. The maximum atomic E-state index is 12.4. The summed E-state index contributed by atoms with van der Waals surface area (Å²) in [6, 6.07) is 7.94. The molecule has 1 aromatic rings. The van der Waals surface area contributed by atoms with Crippen LogP contribution in [-0.4, -0.2) is 55.5 Å². The number of hydrogen-bond donors (Lipinski definition) is 1. The second-order valence-corrected chi connectivity index (χ2v) is 7.97. The number of likely N-dealkylation sites (tertiary alicyclic amines) is 1. The van der Waals surface area contributed by atoms with Crippen LogP contribution in [0, 0.1) is 5.92 Å². The third kappa shape index (κ3) is 5.53. The summed E-state index contributed by atoms with van der Waals surface area (Å²) in [7, 11) is 0. The van der Waals surface area contributed by atoms with Crippen LogP contribution in [0.4, 0.5) is 9.59 Å². The molecule has 1 N–H and O–H groups in total. The van der Waals surface area contributed by atoms with Gasteiger partial charge in [-0.3, -0.25) is 0 Å². The molecule has 3 rings (SSSR count). The second-order valence-electron chi connectivity index (χ2n) is 7.97. The summed E-state index contributed by atoms with van der Waals surface area (Å²) in [6.07, 6.45) is 2.40. The molecule has 0 aromatic heterocycles. The normalized spacial score (nSPS) is 18.1. The minimum absolute atomic E-state index is 0.0792. The maximum absolute atomic E-state index is 12.4. The highest BCUT2D eigenvalue weighted by atomic mass is 16.8. The van der Waals surface area contributed by atoms with Gasteiger partial charge in [-0.2, -0.15) is 0 Å². The molecule has 0 aliphatic carbocycles. The number of ether oxygens (including phenoxy) is 3. The van der Waals surface area contributed by atoms with Crippen LogP contribution in [0.15, 0.2) is 24.3 Å². The van der Waals surface area contributed by atoms with Crippen LogP contribution in [0.2, 0.25) is 0 Å². The largest absolute Gasteiger partial charge is 0.509 e. The van der Waals surface area contributed by atoms with Crippen molar-refractivity contribution in [2.24, 2.45) is 5.92 Å². The Hall–Kier alpha value is -2.44. The van der Waals surface area contributed by atoms with Crippen LogP contribution in [0.3, 0.4) is 0 Å². The molecule has 2 aliphatic rings. The van der Waals surface area contributed by atoms with Crippen LogP contribution < -0.4 is 10.1 Å². The third-order valence-corrected chi connectivity index (χ3v) is 5.27. The first kappa shape index (κ1) is 20.3.